The van der Waals surface area contributed by atoms with Gasteiger partial charge in [-0.3, -0.25) is 4.79 Å². The van der Waals surface area contributed by atoms with Gasteiger partial charge in [-0.25, -0.2) is 0 Å². The summed E-state index contributed by atoms with van der Waals surface area (Å²) in [7, 11) is 0. The molecule has 2 nitrogen and oxygen atoms in total. The predicted octanol–water partition coefficient (Wildman–Crippen LogP) is 2.79. The quantitative estimate of drug-likeness (QED) is 0.713. The fraction of sp³-hybridized carbons (Fsp3) is 0. The average Bonchev–Trinajstić information content (AvgIpc) is 2.50. The van der Waals surface area contributed by atoms with E-state index in [4.69, 9.17) is 0 Å². The van der Waals surface area contributed by atoms with Crippen LogP contribution in [0.2, 0.25) is 0 Å². The molecule has 3 rings (SSSR count). The highest BCUT2D eigenvalue weighted by Crippen LogP contribution is 2.42. The third-order valence-corrected chi connectivity index (χ3v) is 3.37. The van der Waals surface area contributed by atoms with Gasteiger partial charge < -0.3 is 5.11 Å². The average molecular weight is 202 g/mol. The molecule has 1 aliphatic rings. The maximum Gasteiger partial charge on any atom is 0.224 e. The number of benzene rings is 2. The predicted molar refractivity (Wildman–Crippen MR) is 55.8 cm³/mol. The van der Waals surface area contributed by atoms with E-state index >= 15 is 0 Å². The summed E-state index contributed by atoms with van der Waals surface area (Å²) in [4.78, 5) is 12.5. The summed E-state index contributed by atoms with van der Waals surface area (Å²) in [5.41, 5.74) is 0.707. The van der Waals surface area contributed by atoms with Crippen LogP contribution in [0, 0.1) is 0 Å². The molecular weight excluding hydrogens is 196 g/mol. The normalized spacial score (nSPS) is 13.9. The number of hydrogen-bond acceptors (Lipinski definition) is 3. The molecule has 0 aliphatic carbocycles. The summed E-state index contributed by atoms with van der Waals surface area (Å²) in [6.45, 7) is 0. The molecule has 0 radical (unpaired) electrons. The molecular formula is C11H6O2S. The molecule has 68 valence electrons. The van der Waals surface area contributed by atoms with Crippen molar-refractivity contribution in [3.8, 4) is 5.75 Å². The second-order valence-corrected chi connectivity index (χ2v) is 4.22. The lowest BCUT2D eigenvalue weighted by Gasteiger charge is -2.01. The lowest BCUT2D eigenvalue weighted by atomic mass is 10.0. The Balaban J connectivity index is 2.59. The molecule has 0 saturated heterocycles. The van der Waals surface area contributed by atoms with Crippen molar-refractivity contribution in [3.05, 3.63) is 35.9 Å². The fourth-order valence-electron chi connectivity index (χ4n) is 1.77. The largest absolute Gasteiger partial charge is 0.507 e. The van der Waals surface area contributed by atoms with Crippen LogP contribution >= 0.6 is 11.8 Å². The summed E-state index contributed by atoms with van der Waals surface area (Å²) in [5.74, 6) is 0.237. The molecule has 0 aromatic heterocycles. The van der Waals surface area contributed by atoms with E-state index in [1.54, 1.807) is 12.1 Å². The molecule has 0 atom stereocenters. The Labute approximate surface area is 84.6 Å². The number of carbonyl (C=O) groups is 1. The van der Waals surface area contributed by atoms with Gasteiger partial charge in [0.25, 0.3) is 0 Å². The van der Waals surface area contributed by atoms with Crippen LogP contribution < -0.4 is 0 Å². The van der Waals surface area contributed by atoms with E-state index in [-0.39, 0.29) is 10.9 Å². The zero-order chi connectivity index (χ0) is 9.71. The Morgan fingerprint density at radius 1 is 1.14 bits per heavy atom. The van der Waals surface area contributed by atoms with Gasteiger partial charge in [0.1, 0.15) is 5.75 Å². The summed E-state index contributed by atoms with van der Waals surface area (Å²) >= 11 is 1.23. The van der Waals surface area contributed by atoms with E-state index in [0.717, 1.165) is 15.7 Å². The van der Waals surface area contributed by atoms with Crippen molar-refractivity contribution in [2.45, 2.75) is 4.90 Å². The molecule has 2 aromatic rings. The first-order chi connectivity index (χ1) is 6.77. The summed E-state index contributed by atoms with van der Waals surface area (Å²) < 4.78 is 0. The van der Waals surface area contributed by atoms with Crippen molar-refractivity contribution in [1.29, 1.82) is 0 Å². The lowest BCUT2D eigenvalue weighted by molar-refractivity contribution is 0.109. The van der Waals surface area contributed by atoms with Crippen molar-refractivity contribution in [3.63, 3.8) is 0 Å². The van der Waals surface area contributed by atoms with Crippen LogP contribution in [0.15, 0.2) is 35.2 Å². The highest BCUT2D eigenvalue weighted by molar-refractivity contribution is 8.14. The zero-order valence-electron chi connectivity index (χ0n) is 7.15. The first-order valence-electron chi connectivity index (χ1n) is 4.24. The Kier molecular flexibility index (Phi) is 1.42. The van der Waals surface area contributed by atoms with Crippen LogP contribution in [0.5, 0.6) is 5.75 Å². The molecule has 0 unspecified atom stereocenters. The van der Waals surface area contributed by atoms with E-state index in [2.05, 4.69) is 0 Å². The molecule has 2 aromatic carbocycles. The van der Waals surface area contributed by atoms with Gasteiger partial charge in [-0.2, -0.15) is 0 Å². The van der Waals surface area contributed by atoms with Gasteiger partial charge in [0, 0.05) is 21.2 Å². The third kappa shape index (κ3) is 0.849. The lowest BCUT2D eigenvalue weighted by Crippen LogP contribution is -1.85. The Hall–Kier alpha value is -1.48. The third-order valence-electron chi connectivity index (χ3n) is 2.40. The highest BCUT2D eigenvalue weighted by Gasteiger charge is 2.23. The van der Waals surface area contributed by atoms with Crippen molar-refractivity contribution in [1.82, 2.24) is 0 Å². The monoisotopic (exact) mass is 202 g/mol. The van der Waals surface area contributed by atoms with Crippen molar-refractivity contribution < 1.29 is 9.90 Å². The molecule has 0 spiro atoms. The van der Waals surface area contributed by atoms with Crippen LogP contribution in [-0.2, 0) is 0 Å². The Morgan fingerprint density at radius 2 is 2.00 bits per heavy atom. The topological polar surface area (TPSA) is 37.3 Å². The number of thioether (sulfide) groups is 1. The van der Waals surface area contributed by atoms with Crippen molar-refractivity contribution >= 4 is 27.6 Å². The molecule has 1 heterocycles. The van der Waals surface area contributed by atoms with Gasteiger partial charge in [0.05, 0.1) is 0 Å². The first kappa shape index (κ1) is 7.88. The number of aromatic hydroxyl groups is 1. The van der Waals surface area contributed by atoms with Crippen LogP contribution in [-0.4, -0.2) is 10.2 Å². The minimum absolute atomic E-state index is 0.0659. The zero-order valence-corrected chi connectivity index (χ0v) is 7.97. The second-order valence-electron chi connectivity index (χ2n) is 3.20. The van der Waals surface area contributed by atoms with E-state index < -0.39 is 0 Å². The van der Waals surface area contributed by atoms with Gasteiger partial charge in [0.15, 0.2) is 0 Å². The molecule has 1 aliphatic heterocycles. The number of phenols is 1. The molecule has 0 amide bonds. The van der Waals surface area contributed by atoms with Crippen molar-refractivity contribution in [2.24, 2.45) is 0 Å². The molecule has 0 saturated carbocycles. The SMILES string of the molecule is O=C1Sc2cccc3c(O)ccc1c23. The minimum Gasteiger partial charge on any atom is -0.507 e. The number of hydrogen-bond donors (Lipinski definition) is 1. The Morgan fingerprint density at radius 3 is 2.86 bits per heavy atom. The van der Waals surface area contributed by atoms with Crippen LogP contribution in [0.4, 0.5) is 0 Å². The van der Waals surface area contributed by atoms with Crippen molar-refractivity contribution in [2.75, 3.05) is 0 Å². The smallest absolute Gasteiger partial charge is 0.224 e. The standard InChI is InChI=1S/C11H6O2S/c12-8-5-4-7-10-6(8)2-1-3-9(10)14-11(7)13/h1-5,12H. The van der Waals surface area contributed by atoms with Crippen LogP contribution in [0.1, 0.15) is 10.4 Å². The van der Waals surface area contributed by atoms with Gasteiger partial charge in [-0.05, 0) is 30.0 Å². The Bertz CT molecular complexity index is 560. The number of phenolic OH excluding ortho intramolecular Hbond substituents is 1. The summed E-state index contributed by atoms with van der Waals surface area (Å²) in [6, 6.07) is 8.85. The van der Waals surface area contributed by atoms with E-state index in [1.807, 2.05) is 18.2 Å². The van der Waals surface area contributed by atoms with E-state index in [0.29, 0.717) is 5.56 Å². The summed E-state index contributed by atoms with van der Waals surface area (Å²) in [6.07, 6.45) is 0. The molecule has 0 bridgehead atoms. The first-order valence-corrected chi connectivity index (χ1v) is 5.06. The molecule has 0 fully saturated rings. The highest BCUT2D eigenvalue weighted by atomic mass is 32.2. The van der Waals surface area contributed by atoms with Crippen LogP contribution in [0.25, 0.3) is 10.8 Å². The molecule has 3 heteroatoms. The maximum absolute atomic E-state index is 11.5. The maximum atomic E-state index is 11.5. The second kappa shape index (κ2) is 2.51. The molecule has 14 heavy (non-hydrogen) atoms. The van der Waals surface area contributed by atoms with Gasteiger partial charge in [-0.1, -0.05) is 12.1 Å². The van der Waals surface area contributed by atoms with E-state index in [9.17, 15) is 9.90 Å². The van der Waals surface area contributed by atoms with Gasteiger partial charge in [-0.15, -0.1) is 0 Å². The fourth-order valence-corrected chi connectivity index (χ4v) is 2.72. The minimum atomic E-state index is 0.0659. The van der Waals surface area contributed by atoms with Gasteiger partial charge in [0.2, 0.25) is 5.12 Å². The number of rotatable bonds is 0. The molecule has 1 N–H and O–H groups in total. The van der Waals surface area contributed by atoms with Crippen LogP contribution in [0.3, 0.4) is 0 Å². The summed E-state index contributed by atoms with van der Waals surface area (Å²) in [5, 5.41) is 11.3. The number of carbonyl (C=O) groups excluding carboxylic acids is 1. The van der Waals surface area contributed by atoms with Gasteiger partial charge >= 0.3 is 0 Å². The van der Waals surface area contributed by atoms with E-state index in [1.165, 1.54) is 11.8 Å².